The van der Waals surface area contributed by atoms with Crippen LogP contribution in [0.4, 0.5) is 0 Å². The van der Waals surface area contributed by atoms with Crippen molar-refractivity contribution in [2.24, 2.45) is 5.92 Å². The molecule has 8 heteroatoms. The third-order valence-corrected chi connectivity index (χ3v) is 8.40. The second kappa shape index (κ2) is 10.9. The lowest BCUT2D eigenvalue weighted by Crippen LogP contribution is -2.41. The fraction of sp³-hybridized carbons (Fsp3) is 0.433. The average molecular weight is 532 g/mol. The van der Waals surface area contributed by atoms with Crippen molar-refractivity contribution in [2.75, 3.05) is 19.7 Å². The van der Waals surface area contributed by atoms with E-state index in [2.05, 4.69) is 58.5 Å². The minimum Gasteiger partial charge on any atom is -0.486 e. The molecule has 0 unspecified atom stereocenters. The molecule has 1 saturated heterocycles. The van der Waals surface area contributed by atoms with E-state index in [0.717, 1.165) is 67.1 Å². The Bertz CT molecular complexity index is 1330. The summed E-state index contributed by atoms with van der Waals surface area (Å²) in [5.41, 5.74) is 5.10. The van der Waals surface area contributed by atoms with Crippen molar-refractivity contribution in [2.45, 2.75) is 57.8 Å². The molecule has 1 saturated carbocycles. The van der Waals surface area contributed by atoms with Crippen LogP contribution in [0.5, 0.6) is 5.75 Å². The Morgan fingerprint density at radius 2 is 2.08 bits per heavy atom. The van der Waals surface area contributed by atoms with E-state index < -0.39 is 0 Å². The van der Waals surface area contributed by atoms with Gasteiger partial charge in [-0.2, -0.15) is 0 Å². The van der Waals surface area contributed by atoms with Crippen molar-refractivity contribution >= 4 is 23.2 Å². The first kappa shape index (κ1) is 25.1. The summed E-state index contributed by atoms with van der Waals surface area (Å²) >= 11 is 1.42. The number of rotatable bonds is 8. The number of nitrogens with zero attached hydrogens (tertiary/aromatic N) is 2. The highest BCUT2D eigenvalue weighted by Crippen LogP contribution is 2.41. The summed E-state index contributed by atoms with van der Waals surface area (Å²) in [6.07, 6.45) is 4.95. The molecule has 0 bridgehead atoms. The zero-order valence-electron chi connectivity index (χ0n) is 21.7. The van der Waals surface area contributed by atoms with Gasteiger partial charge in [0.25, 0.3) is 5.91 Å². The molecule has 2 atom stereocenters. The second-order valence-corrected chi connectivity index (χ2v) is 11.4. The van der Waals surface area contributed by atoms with Gasteiger partial charge in [-0.1, -0.05) is 35.9 Å². The van der Waals surface area contributed by atoms with Crippen molar-refractivity contribution in [3.63, 3.8) is 0 Å². The molecule has 2 aliphatic heterocycles. The van der Waals surface area contributed by atoms with Crippen molar-refractivity contribution in [1.82, 2.24) is 15.2 Å². The van der Waals surface area contributed by atoms with Gasteiger partial charge < -0.3 is 19.7 Å². The molecule has 0 spiro atoms. The number of aryl methyl sites for hydroxylation is 1. The smallest absolute Gasteiger partial charge is 0.270 e. The lowest BCUT2D eigenvalue weighted by molar-refractivity contribution is -0.134. The van der Waals surface area contributed by atoms with E-state index in [1.165, 1.54) is 22.5 Å². The minimum atomic E-state index is -0.182. The first-order valence-corrected chi connectivity index (χ1v) is 14.4. The number of aromatic nitrogens is 1. The molecule has 1 N–H and O–H groups in total. The average Bonchev–Trinajstić information content (AvgIpc) is 3.44. The highest BCUT2D eigenvalue weighted by atomic mass is 32.1. The maximum absolute atomic E-state index is 13.3. The van der Waals surface area contributed by atoms with Gasteiger partial charge in [0.05, 0.1) is 12.1 Å². The van der Waals surface area contributed by atoms with Crippen LogP contribution in [0, 0.1) is 12.8 Å². The summed E-state index contributed by atoms with van der Waals surface area (Å²) in [6.45, 7) is 4.38. The fourth-order valence-corrected chi connectivity index (χ4v) is 6.10. The Kier molecular flexibility index (Phi) is 7.17. The molecule has 1 aromatic heterocycles. The maximum Gasteiger partial charge on any atom is 0.270 e. The minimum absolute atomic E-state index is 0.100. The molecule has 3 aromatic rings. The summed E-state index contributed by atoms with van der Waals surface area (Å²) in [5.74, 6) is 0.992. The standard InChI is InChI=1S/C30H33N3O4S/c1-19-4-2-5-22(14-19)28-25-15-23(10-9-20(25)11-12-33(28)30(35)21-7-8-21)37-17-27-32-26(18-38-27)29(34)31-16-24-6-3-13-36-24/h2,4-5,9-10,14-15,18,21,24,28H,3,6-8,11-13,16-17H2,1H3,(H,31,34)/t24-,28+/m1/s1. The molecule has 2 amide bonds. The van der Waals surface area contributed by atoms with E-state index >= 15 is 0 Å². The number of fused-ring (bicyclic) bond motifs is 1. The fourth-order valence-electron chi connectivity index (χ4n) is 5.41. The number of benzene rings is 2. The van der Waals surface area contributed by atoms with Gasteiger partial charge >= 0.3 is 0 Å². The molecule has 2 aromatic carbocycles. The van der Waals surface area contributed by atoms with E-state index in [-0.39, 0.29) is 36.5 Å². The number of thiazole rings is 1. The van der Waals surface area contributed by atoms with E-state index in [4.69, 9.17) is 9.47 Å². The topological polar surface area (TPSA) is 80.8 Å². The summed E-state index contributed by atoms with van der Waals surface area (Å²) in [7, 11) is 0. The molecule has 38 heavy (non-hydrogen) atoms. The van der Waals surface area contributed by atoms with Crippen LogP contribution >= 0.6 is 11.3 Å². The Labute approximate surface area is 227 Å². The zero-order valence-corrected chi connectivity index (χ0v) is 22.5. The van der Waals surface area contributed by atoms with Crippen LogP contribution < -0.4 is 10.1 Å². The van der Waals surface area contributed by atoms with Crippen LogP contribution in [0.1, 0.15) is 69.5 Å². The Balaban J connectivity index is 1.17. The van der Waals surface area contributed by atoms with Gasteiger partial charge in [-0.25, -0.2) is 4.98 Å². The molecular formula is C30H33N3O4S. The lowest BCUT2D eigenvalue weighted by atomic mass is 9.87. The zero-order chi connectivity index (χ0) is 26.1. The highest BCUT2D eigenvalue weighted by molar-refractivity contribution is 7.09. The van der Waals surface area contributed by atoms with Crippen LogP contribution in [-0.4, -0.2) is 47.5 Å². The molecule has 1 aliphatic carbocycles. The summed E-state index contributed by atoms with van der Waals surface area (Å²) in [4.78, 5) is 32.3. The number of ether oxygens (including phenoxy) is 2. The van der Waals surface area contributed by atoms with Gasteiger partial charge in [0.15, 0.2) is 0 Å². The molecule has 7 nitrogen and oxygen atoms in total. The molecule has 3 aliphatic rings. The Morgan fingerprint density at radius 1 is 1.18 bits per heavy atom. The molecule has 3 heterocycles. The van der Waals surface area contributed by atoms with Crippen LogP contribution in [0.3, 0.4) is 0 Å². The number of nitrogens with one attached hydrogen (secondary N) is 1. The molecule has 6 rings (SSSR count). The maximum atomic E-state index is 13.3. The van der Waals surface area contributed by atoms with E-state index in [9.17, 15) is 9.59 Å². The number of hydrogen-bond acceptors (Lipinski definition) is 6. The van der Waals surface area contributed by atoms with Crippen LogP contribution in [0.25, 0.3) is 0 Å². The van der Waals surface area contributed by atoms with Crippen molar-refractivity contribution in [3.05, 3.63) is 80.8 Å². The van der Waals surface area contributed by atoms with Gasteiger partial charge in [-0.15, -0.1) is 11.3 Å². The largest absolute Gasteiger partial charge is 0.486 e. The first-order valence-electron chi connectivity index (χ1n) is 13.5. The summed E-state index contributed by atoms with van der Waals surface area (Å²) in [5, 5.41) is 5.43. The van der Waals surface area contributed by atoms with E-state index in [1.54, 1.807) is 5.38 Å². The van der Waals surface area contributed by atoms with Crippen LogP contribution in [0.2, 0.25) is 0 Å². The van der Waals surface area contributed by atoms with Gasteiger partial charge in [0.1, 0.15) is 23.1 Å². The summed E-state index contributed by atoms with van der Waals surface area (Å²) < 4.78 is 11.7. The number of carbonyl (C=O) groups excluding carboxylic acids is 2. The van der Waals surface area contributed by atoms with Gasteiger partial charge in [-0.05, 0) is 67.9 Å². The van der Waals surface area contributed by atoms with Crippen molar-refractivity contribution < 1.29 is 19.1 Å². The van der Waals surface area contributed by atoms with Crippen LogP contribution in [-0.2, 0) is 22.6 Å². The molecule has 2 fully saturated rings. The van der Waals surface area contributed by atoms with Gasteiger partial charge in [-0.3, -0.25) is 9.59 Å². The number of carbonyl (C=O) groups is 2. The normalized spacial score (nSPS) is 20.7. The van der Waals surface area contributed by atoms with E-state index in [1.807, 2.05) is 6.07 Å². The lowest BCUT2D eigenvalue weighted by Gasteiger charge is -2.38. The third-order valence-electron chi connectivity index (χ3n) is 7.57. The number of amides is 2. The predicted octanol–water partition coefficient (Wildman–Crippen LogP) is 4.82. The van der Waals surface area contributed by atoms with Crippen LogP contribution in [0.15, 0.2) is 47.8 Å². The first-order chi connectivity index (χ1) is 18.5. The van der Waals surface area contributed by atoms with Crippen molar-refractivity contribution in [1.29, 1.82) is 0 Å². The molecule has 198 valence electrons. The number of hydrogen-bond donors (Lipinski definition) is 1. The Morgan fingerprint density at radius 3 is 2.87 bits per heavy atom. The Hall–Kier alpha value is -3.23. The van der Waals surface area contributed by atoms with Gasteiger partial charge in [0.2, 0.25) is 5.91 Å². The van der Waals surface area contributed by atoms with Crippen molar-refractivity contribution in [3.8, 4) is 5.75 Å². The molecular weight excluding hydrogens is 498 g/mol. The highest BCUT2D eigenvalue weighted by Gasteiger charge is 2.39. The molecule has 0 radical (unpaired) electrons. The SMILES string of the molecule is Cc1cccc([C@H]2c3cc(OCc4nc(C(=O)NC[C@H]5CCCO5)cs4)ccc3CCN2C(=O)C2CC2)c1. The summed E-state index contributed by atoms with van der Waals surface area (Å²) in [6, 6.07) is 14.5. The monoisotopic (exact) mass is 531 g/mol. The third kappa shape index (κ3) is 5.47. The van der Waals surface area contributed by atoms with Gasteiger partial charge in [0, 0.05) is 31.0 Å². The van der Waals surface area contributed by atoms with E-state index in [0.29, 0.717) is 12.2 Å². The quantitative estimate of drug-likeness (QED) is 0.451. The second-order valence-electron chi connectivity index (χ2n) is 10.5. The predicted molar refractivity (Wildman–Crippen MR) is 145 cm³/mol.